The van der Waals surface area contributed by atoms with Gasteiger partial charge in [0.1, 0.15) is 11.9 Å². The molecule has 0 radical (unpaired) electrons. The van der Waals surface area contributed by atoms with E-state index in [1.807, 2.05) is 22.6 Å². The number of halogens is 2. The monoisotopic (exact) mass is 403 g/mol. The molecule has 2 rings (SSSR count). The van der Waals surface area contributed by atoms with Crippen molar-refractivity contribution < 1.29 is 19.1 Å². The standard InChI is InChI=1S/C13H11FIN3O3/c14-7-1-2-9(10(15)3-7)12(19)18-11(13(20)21)4-8-5-16-6-17-8/h1-3,5-6,11H,4H2,(H,16,17)(H,18,19)(H,20,21)/t11-/m1/s1. The molecule has 0 unspecified atom stereocenters. The first-order chi connectivity index (χ1) is 9.97. The molecule has 0 saturated heterocycles. The number of carbonyl (C=O) groups excluding carboxylic acids is 1. The van der Waals surface area contributed by atoms with Gasteiger partial charge >= 0.3 is 5.97 Å². The molecule has 1 amide bonds. The fourth-order valence-electron chi connectivity index (χ4n) is 1.73. The summed E-state index contributed by atoms with van der Waals surface area (Å²) in [6.07, 6.45) is 3.00. The number of rotatable bonds is 5. The topological polar surface area (TPSA) is 95.1 Å². The lowest BCUT2D eigenvalue weighted by Crippen LogP contribution is -2.42. The van der Waals surface area contributed by atoms with Gasteiger partial charge in [-0.3, -0.25) is 4.79 Å². The fraction of sp³-hybridized carbons (Fsp3) is 0.154. The van der Waals surface area contributed by atoms with Crippen LogP contribution in [-0.2, 0) is 11.2 Å². The molecule has 1 aromatic carbocycles. The average Bonchev–Trinajstić information content (AvgIpc) is 2.90. The van der Waals surface area contributed by atoms with E-state index in [-0.39, 0.29) is 12.0 Å². The van der Waals surface area contributed by atoms with Crippen molar-refractivity contribution in [3.63, 3.8) is 0 Å². The van der Waals surface area contributed by atoms with Crippen LogP contribution in [0.15, 0.2) is 30.7 Å². The molecule has 1 aromatic heterocycles. The van der Waals surface area contributed by atoms with Crippen LogP contribution in [0.4, 0.5) is 4.39 Å². The van der Waals surface area contributed by atoms with Crippen molar-refractivity contribution >= 4 is 34.5 Å². The second kappa shape index (κ2) is 6.66. The summed E-state index contributed by atoms with van der Waals surface area (Å²) in [5, 5.41) is 11.6. The van der Waals surface area contributed by atoms with Crippen LogP contribution in [0.25, 0.3) is 0 Å². The average molecular weight is 403 g/mol. The summed E-state index contributed by atoms with van der Waals surface area (Å²) in [6, 6.07) is 2.59. The molecule has 1 heterocycles. The number of carboxylic acids is 1. The minimum absolute atomic E-state index is 0.0822. The molecule has 1 atom stereocenters. The van der Waals surface area contributed by atoms with Gasteiger partial charge in [0.15, 0.2) is 0 Å². The van der Waals surface area contributed by atoms with Crippen molar-refractivity contribution in [1.82, 2.24) is 15.3 Å². The van der Waals surface area contributed by atoms with Crippen molar-refractivity contribution in [2.45, 2.75) is 12.5 Å². The third-order valence-electron chi connectivity index (χ3n) is 2.76. The molecule has 21 heavy (non-hydrogen) atoms. The molecule has 0 aliphatic rings. The van der Waals surface area contributed by atoms with E-state index in [0.29, 0.717) is 9.26 Å². The van der Waals surface area contributed by atoms with E-state index in [2.05, 4.69) is 15.3 Å². The smallest absolute Gasteiger partial charge is 0.326 e. The maximum absolute atomic E-state index is 13.0. The maximum Gasteiger partial charge on any atom is 0.326 e. The number of nitrogens with zero attached hydrogens (tertiary/aromatic N) is 1. The Morgan fingerprint density at radius 2 is 2.24 bits per heavy atom. The Labute approximate surface area is 132 Å². The first kappa shape index (κ1) is 15.4. The minimum atomic E-state index is -1.16. The largest absolute Gasteiger partial charge is 0.480 e. The van der Waals surface area contributed by atoms with Crippen LogP contribution >= 0.6 is 22.6 Å². The Hall–Kier alpha value is -1.97. The number of hydrogen-bond donors (Lipinski definition) is 3. The van der Waals surface area contributed by atoms with E-state index in [1.54, 1.807) is 0 Å². The molecule has 3 N–H and O–H groups in total. The van der Waals surface area contributed by atoms with Crippen molar-refractivity contribution in [3.8, 4) is 0 Å². The van der Waals surface area contributed by atoms with E-state index in [1.165, 1.54) is 24.7 Å². The number of nitrogens with one attached hydrogen (secondary N) is 2. The lowest BCUT2D eigenvalue weighted by atomic mass is 10.1. The number of aliphatic carboxylic acids is 1. The number of amides is 1. The van der Waals surface area contributed by atoms with Gasteiger partial charge in [0.2, 0.25) is 0 Å². The molecule has 110 valence electrons. The zero-order valence-electron chi connectivity index (χ0n) is 10.6. The molecule has 0 saturated carbocycles. The zero-order valence-corrected chi connectivity index (χ0v) is 12.8. The fourth-order valence-corrected chi connectivity index (χ4v) is 2.45. The number of aromatic nitrogens is 2. The number of aromatic amines is 1. The number of benzene rings is 1. The van der Waals surface area contributed by atoms with Gasteiger partial charge in [-0.1, -0.05) is 0 Å². The predicted octanol–water partition coefficient (Wildman–Crippen LogP) is 1.58. The number of hydrogen-bond acceptors (Lipinski definition) is 3. The van der Waals surface area contributed by atoms with Crippen molar-refractivity contribution in [1.29, 1.82) is 0 Å². The molecular weight excluding hydrogens is 392 g/mol. The summed E-state index contributed by atoms with van der Waals surface area (Å²) in [5.74, 6) is -2.18. The number of carbonyl (C=O) groups is 2. The highest BCUT2D eigenvalue weighted by Crippen LogP contribution is 2.14. The van der Waals surface area contributed by atoms with Crippen LogP contribution in [0.2, 0.25) is 0 Å². The highest BCUT2D eigenvalue weighted by molar-refractivity contribution is 14.1. The molecule has 0 aliphatic heterocycles. The van der Waals surface area contributed by atoms with Gasteiger partial charge < -0.3 is 15.4 Å². The van der Waals surface area contributed by atoms with Gasteiger partial charge in [-0.25, -0.2) is 14.2 Å². The van der Waals surface area contributed by atoms with Gasteiger partial charge in [-0.05, 0) is 40.8 Å². The zero-order chi connectivity index (χ0) is 15.4. The second-order valence-electron chi connectivity index (χ2n) is 4.27. The van der Waals surface area contributed by atoms with E-state index in [4.69, 9.17) is 0 Å². The first-order valence-corrected chi connectivity index (χ1v) is 7.01. The Balaban J connectivity index is 2.12. The van der Waals surface area contributed by atoms with Crippen molar-refractivity contribution in [3.05, 3.63) is 51.4 Å². The number of H-pyrrole nitrogens is 1. The van der Waals surface area contributed by atoms with Crippen LogP contribution in [0.3, 0.4) is 0 Å². The van der Waals surface area contributed by atoms with E-state index < -0.39 is 23.7 Å². The van der Waals surface area contributed by atoms with Gasteiger partial charge in [0.05, 0.1) is 11.9 Å². The van der Waals surface area contributed by atoms with Crippen LogP contribution in [0.1, 0.15) is 16.1 Å². The van der Waals surface area contributed by atoms with E-state index in [0.717, 1.165) is 6.07 Å². The minimum Gasteiger partial charge on any atom is -0.480 e. The summed E-state index contributed by atoms with van der Waals surface area (Å²) in [6.45, 7) is 0. The summed E-state index contributed by atoms with van der Waals surface area (Å²) in [4.78, 5) is 29.9. The van der Waals surface area contributed by atoms with Gasteiger partial charge in [0, 0.05) is 21.9 Å². The van der Waals surface area contributed by atoms with Gasteiger partial charge in [-0.2, -0.15) is 0 Å². The first-order valence-electron chi connectivity index (χ1n) is 5.93. The SMILES string of the molecule is O=C(N[C@H](Cc1cnc[nH]1)C(=O)O)c1ccc(F)cc1I. The van der Waals surface area contributed by atoms with Gasteiger partial charge in [0.25, 0.3) is 5.91 Å². The van der Waals surface area contributed by atoms with Crippen LogP contribution in [0.5, 0.6) is 0 Å². The van der Waals surface area contributed by atoms with Gasteiger partial charge in [-0.15, -0.1) is 0 Å². The Morgan fingerprint density at radius 1 is 1.48 bits per heavy atom. The molecule has 0 bridgehead atoms. The number of carboxylic acid groups (broad SMARTS) is 1. The van der Waals surface area contributed by atoms with Crippen molar-refractivity contribution in [2.24, 2.45) is 0 Å². The quantitative estimate of drug-likeness (QED) is 0.661. The van der Waals surface area contributed by atoms with E-state index >= 15 is 0 Å². The highest BCUT2D eigenvalue weighted by atomic mass is 127. The molecule has 2 aromatic rings. The lowest BCUT2D eigenvalue weighted by molar-refractivity contribution is -0.139. The number of imidazole rings is 1. The van der Waals surface area contributed by atoms with Crippen LogP contribution < -0.4 is 5.32 Å². The van der Waals surface area contributed by atoms with Crippen LogP contribution in [-0.4, -0.2) is 33.0 Å². The highest BCUT2D eigenvalue weighted by Gasteiger charge is 2.22. The summed E-state index contributed by atoms with van der Waals surface area (Å²) in [7, 11) is 0. The summed E-state index contributed by atoms with van der Waals surface area (Å²) < 4.78 is 13.4. The molecule has 0 aliphatic carbocycles. The Morgan fingerprint density at radius 3 is 2.81 bits per heavy atom. The molecule has 8 heteroatoms. The Kier molecular flexibility index (Phi) is 4.89. The molecule has 6 nitrogen and oxygen atoms in total. The third kappa shape index (κ3) is 4.00. The molecule has 0 spiro atoms. The molecular formula is C13H11FIN3O3. The lowest BCUT2D eigenvalue weighted by Gasteiger charge is -2.14. The second-order valence-corrected chi connectivity index (χ2v) is 5.43. The summed E-state index contributed by atoms with van der Waals surface area (Å²) >= 11 is 1.82. The van der Waals surface area contributed by atoms with Crippen molar-refractivity contribution in [2.75, 3.05) is 0 Å². The summed E-state index contributed by atoms with van der Waals surface area (Å²) in [5.41, 5.74) is 0.823. The third-order valence-corrected chi connectivity index (χ3v) is 3.65. The maximum atomic E-state index is 13.0. The Bertz CT molecular complexity index is 661. The van der Waals surface area contributed by atoms with E-state index in [9.17, 15) is 19.1 Å². The normalized spacial score (nSPS) is 11.9. The predicted molar refractivity (Wildman–Crippen MR) is 80.3 cm³/mol. The van der Waals surface area contributed by atoms with Crippen LogP contribution in [0, 0.1) is 9.39 Å². The molecule has 0 fully saturated rings.